The summed E-state index contributed by atoms with van der Waals surface area (Å²) in [6.07, 6.45) is 7.86. The number of pyridine rings is 1. The van der Waals surface area contributed by atoms with E-state index in [0.717, 1.165) is 24.8 Å². The van der Waals surface area contributed by atoms with Crippen LogP contribution in [-0.2, 0) is 21.4 Å². The molecule has 1 unspecified atom stereocenters. The molecular formula is C16H23N3O3S. The molecule has 1 aromatic rings. The normalized spacial score (nSPS) is 26.7. The van der Waals surface area contributed by atoms with E-state index in [9.17, 15) is 13.2 Å². The van der Waals surface area contributed by atoms with E-state index in [4.69, 9.17) is 0 Å². The molecule has 7 heteroatoms. The van der Waals surface area contributed by atoms with Gasteiger partial charge in [-0.1, -0.05) is 0 Å². The molecule has 0 aliphatic carbocycles. The van der Waals surface area contributed by atoms with Crippen LogP contribution in [0.15, 0.2) is 24.5 Å². The first-order valence-electron chi connectivity index (χ1n) is 8.00. The van der Waals surface area contributed by atoms with Crippen molar-refractivity contribution in [3.05, 3.63) is 30.1 Å². The zero-order valence-corrected chi connectivity index (χ0v) is 14.3. The van der Waals surface area contributed by atoms with Crippen LogP contribution in [0.25, 0.3) is 0 Å². The van der Waals surface area contributed by atoms with Gasteiger partial charge in [0.25, 0.3) is 0 Å². The van der Waals surface area contributed by atoms with Gasteiger partial charge in [0.2, 0.25) is 15.9 Å². The molecule has 126 valence electrons. The van der Waals surface area contributed by atoms with Gasteiger partial charge in [-0.2, -0.15) is 0 Å². The predicted octanol–water partition coefficient (Wildman–Crippen LogP) is 1.25. The Labute approximate surface area is 137 Å². The average Bonchev–Trinajstić information content (AvgIpc) is 2.52. The Kier molecular flexibility index (Phi) is 4.42. The molecule has 0 bridgehead atoms. The molecule has 0 radical (unpaired) electrons. The van der Waals surface area contributed by atoms with Gasteiger partial charge in [-0.05, 0) is 37.0 Å². The zero-order chi connectivity index (χ0) is 16.5. The SMILES string of the molecule is CS(=O)(=O)N1CCCC2(CCC(=O)N(Cc3ccncc3)C2)C1. The van der Waals surface area contributed by atoms with E-state index in [-0.39, 0.29) is 11.3 Å². The molecule has 0 N–H and O–H groups in total. The van der Waals surface area contributed by atoms with Crippen LogP contribution >= 0.6 is 0 Å². The van der Waals surface area contributed by atoms with E-state index < -0.39 is 10.0 Å². The van der Waals surface area contributed by atoms with E-state index >= 15 is 0 Å². The van der Waals surface area contributed by atoms with E-state index in [1.165, 1.54) is 6.26 Å². The van der Waals surface area contributed by atoms with E-state index in [2.05, 4.69) is 4.98 Å². The van der Waals surface area contributed by atoms with Crippen molar-refractivity contribution in [1.82, 2.24) is 14.2 Å². The van der Waals surface area contributed by atoms with E-state index in [0.29, 0.717) is 32.6 Å². The summed E-state index contributed by atoms with van der Waals surface area (Å²) in [7, 11) is -3.17. The Morgan fingerprint density at radius 1 is 1.22 bits per heavy atom. The number of carbonyl (C=O) groups is 1. The second-order valence-electron chi connectivity index (χ2n) is 6.81. The molecular weight excluding hydrogens is 314 g/mol. The van der Waals surface area contributed by atoms with Crippen molar-refractivity contribution in [1.29, 1.82) is 0 Å². The third-order valence-corrected chi connectivity index (χ3v) is 6.22. The number of aromatic nitrogens is 1. The molecule has 2 fully saturated rings. The van der Waals surface area contributed by atoms with Crippen molar-refractivity contribution in [2.75, 3.05) is 25.9 Å². The van der Waals surface area contributed by atoms with Crippen molar-refractivity contribution >= 4 is 15.9 Å². The van der Waals surface area contributed by atoms with Crippen molar-refractivity contribution in [2.24, 2.45) is 5.41 Å². The van der Waals surface area contributed by atoms with Crippen LogP contribution in [0.2, 0.25) is 0 Å². The summed E-state index contributed by atoms with van der Waals surface area (Å²) in [5.74, 6) is 0.156. The maximum absolute atomic E-state index is 12.3. The number of nitrogens with zero attached hydrogens (tertiary/aromatic N) is 3. The molecule has 2 aliphatic rings. The van der Waals surface area contributed by atoms with Gasteiger partial charge in [0.1, 0.15) is 0 Å². The second-order valence-corrected chi connectivity index (χ2v) is 8.79. The molecule has 1 amide bonds. The number of rotatable bonds is 3. The highest BCUT2D eigenvalue weighted by Crippen LogP contribution is 2.39. The van der Waals surface area contributed by atoms with Crippen LogP contribution in [0.1, 0.15) is 31.2 Å². The maximum atomic E-state index is 12.3. The fourth-order valence-electron chi connectivity index (χ4n) is 3.73. The van der Waals surface area contributed by atoms with Crippen LogP contribution < -0.4 is 0 Å². The molecule has 1 spiro atoms. The third-order valence-electron chi connectivity index (χ3n) is 4.97. The lowest BCUT2D eigenvalue weighted by atomic mass is 9.74. The number of likely N-dealkylation sites (tertiary alicyclic amines) is 1. The monoisotopic (exact) mass is 337 g/mol. The summed E-state index contributed by atoms with van der Waals surface area (Å²) in [4.78, 5) is 18.2. The molecule has 23 heavy (non-hydrogen) atoms. The lowest BCUT2D eigenvalue weighted by Gasteiger charge is -2.47. The van der Waals surface area contributed by atoms with Crippen LogP contribution in [-0.4, -0.2) is 54.4 Å². The Morgan fingerprint density at radius 2 is 1.96 bits per heavy atom. The quantitative estimate of drug-likeness (QED) is 0.832. The number of piperidine rings is 2. The largest absolute Gasteiger partial charge is 0.338 e. The fourth-order valence-corrected chi connectivity index (χ4v) is 4.70. The number of amides is 1. The van der Waals surface area contributed by atoms with Crippen LogP contribution in [0.4, 0.5) is 0 Å². The van der Waals surface area contributed by atoms with Gasteiger partial charge < -0.3 is 4.90 Å². The minimum Gasteiger partial charge on any atom is -0.338 e. The Bertz CT molecular complexity index is 677. The van der Waals surface area contributed by atoms with Crippen LogP contribution in [0.3, 0.4) is 0 Å². The second kappa shape index (κ2) is 6.20. The van der Waals surface area contributed by atoms with Gasteiger partial charge in [-0.3, -0.25) is 9.78 Å². The molecule has 3 rings (SSSR count). The highest BCUT2D eigenvalue weighted by Gasteiger charge is 2.43. The highest BCUT2D eigenvalue weighted by atomic mass is 32.2. The molecule has 2 saturated heterocycles. The van der Waals surface area contributed by atoms with Crippen molar-refractivity contribution in [2.45, 2.75) is 32.2 Å². The minimum atomic E-state index is -3.17. The van der Waals surface area contributed by atoms with Crippen molar-refractivity contribution in [3.8, 4) is 0 Å². The first-order valence-corrected chi connectivity index (χ1v) is 9.85. The first kappa shape index (κ1) is 16.4. The zero-order valence-electron chi connectivity index (χ0n) is 13.4. The topological polar surface area (TPSA) is 70.6 Å². The average molecular weight is 337 g/mol. The summed E-state index contributed by atoms with van der Waals surface area (Å²) in [6.45, 7) is 2.34. The Balaban J connectivity index is 1.75. The number of hydrogen-bond acceptors (Lipinski definition) is 4. The highest BCUT2D eigenvalue weighted by molar-refractivity contribution is 7.88. The van der Waals surface area contributed by atoms with Crippen LogP contribution in [0, 0.1) is 5.41 Å². The van der Waals surface area contributed by atoms with E-state index in [1.807, 2.05) is 17.0 Å². The lowest BCUT2D eigenvalue weighted by molar-refractivity contribution is -0.139. The number of sulfonamides is 1. The van der Waals surface area contributed by atoms with E-state index in [1.54, 1.807) is 16.7 Å². The Hall–Kier alpha value is -1.47. The van der Waals surface area contributed by atoms with Gasteiger partial charge in [0.05, 0.1) is 6.26 Å². The molecule has 0 saturated carbocycles. The molecule has 2 aliphatic heterocycles. The molecule has 6 nitrogen and oxygen atoms in total. The molecule has 1 atom stereocenters. The minimum absolute atomic E-state index is 0.0950. The lowest BCUT2D eigenvalue weighted by Crippen LogP contribution is -2.54. The van der Waals surface area contributed by atoms with Crippen molar-refractivity contribution in [3.63, 3.8) is 0 Å². The maximum Gasteiger partial charge on any atom is 0.222 e. The van der Waals surface area contributed by atoms with Gasteiger partial charge >= 0.3 is 0 Å². The van der Waals surface area contributed by atoms with Crippen molar-refractivity contribution < 1.29 is 13.2 Å². The van der Waals surface area contributed by atoms with Gasteiger partial charge in [0, 0.05) is 50.4 Å². The molecule has 0 aromatic carbocycles. The summed E-state index contributed by atoms with van der Waals surface area (Å²) in [5.41, 5.74) is 0.962. The number of carbonyl (C=O) groups excluding carboxylic acids is 1. The van der Waals surface area contributed by atoms with Gasteiger partial charge in [0.15, 0.2) is 0 Å². The van der Waals surface area contributed by atoms with Gasteiger partial charge in [-0.15, -0.1) is 0 Å². The van der Waals surface area contributed by atoms with Crippen LogP contribution in [0.5, 0.6) is 0 Å². The predicted molar refractivity (Wildman–Crippen MR) is 87.0 cm³/mol. The Morgan fingerprint density at radius 3 is 2.65 bits per heavy atom. The summed E-state index contributed by atoms with van der Waals surface area (Å²) < 4.78 is 25.4. The summed E-state index contributed by atoms with van der Waals surface area (Å²) >= 11 is 0. The third kappa shape index (κ3) is 3.72. The fraction of sp³-hybridized carbons (Fsp3) is 0.625. The molecule has 3 heterocycles. The molecule has 1 aromatic heterocycles. The first-order chi connectivity index (χ1) is 10.9. The number of hydrogen-bond donors (Lipinski definition) is 0. The smallest absolute Gasteiger partial charge is 0.222 e. The summed E-state index contributed by atoms with van der Waals surface area (Å²) in [5, 5.41) is 0. The standard InChI is InChI=1S/C16H23N3O3S/c1-23(21,22)19-10-2-6-16(13-19)7-3-15(20)18(12-16)11-14-4-8-17-9-5-14/h4-5,8-9H,2-3,6-7,10-13H2,1H3. The summed E-state index contributed by atoms with van der Waals surface area (Å²) in [6, 6.07) is 3.83. The van der Waals surface area contributed by atoms with Gasteiger partial charge in [-0.25, -0.2) is 12.7 Å².